The van der Waals surface area contributed by atoms with E-state index >= 15 is 0 Å². The summed E-state index contributed by atoms with van der Waals surface area (Å²) < 4.78 is 32.4. The van der Waals surface area contributed by atoms with Crippen molar-refractivity contribution in [2.24, 2.45) is 11.3 Å². The van der Waals surface area contributed by atoms with Crippen LogP contribution in [-0.4, -0.2) is 54.2 Å². The molecular formula is C19H32ClN3O4S. The minimum Gasteiger partial charge on any atom is -0.384 e. The Hall–Kier alpha value is -1.19. The lowest BCUT2D eigenvalue weighted by Gasteiger charge is -2.37. The Morgan fingerprint density at radius 3 is 2.36 bits per heavy atom. The van der Waals surface area contributed by atoms with Crippen LogP contribution in [0.1, 0.15) is 37.0 Å². The summed E-state index contributed by atoms with van der Waals surface area (Å²) in [5.74, 6) is 0.0160. The van der Waals surface area contributed by atoms with Crippen LogP contribution in [0, 0.1) is 11.3 Å². The molecule has 0 bridgehead atoms. The third kappa shape index (κ3) is 7.00. The number of sulfonamides is 1. The van der Waals surface area contributed by atoms with Crippen molar-refractivity contribution in [2.75, 3.05) is 39.9 Å². The quantitative estimate of drug-likeness (QED) is 0.551. The standard InChI is InChI=1S/C19H31N3O4S.ClH/c1-15(2)12-22-27(24,25)17-6-4-16(5-7-17)18(23)21-13-19(14-26-3)8-10-20-11-9-19;/h4-7,15,20,22H,8-14H2,1-3H3,(H,21,23);1H. The zero-order valence-corrected chi connectivity index (χ0v) is 18.4. The van der Waals surface area contributed by atoms with E-state index in [9.17, 15) is 13.2 Å². The number of hydrogen-bond donors (Lipinski definition) is 3. The molecule has 0 atom stereocenters. The number of nitrogens with one attached hydrogen (secondary N) is 3. The highest BCUT2D eigenvalue weighted by molar-refractivity contribution is 7.89. The minimum atomic E-state index is -3.55. The van der Waals surface area contributed by atoms with Gasteiger partial charge in [0.2, 0.25) is 10.0 Å². The molecule has 0 unspecified atom stereocenters. The van der Waals surface area contributed by atoms with Gasteiger partial charge in [0.1, 0.15) is 0 Å². The summed E-state index contributed by atoms with van der Waals surface area (Å²) in [7, 11) is -1.87. The molecule has 2 rings (SSSR count). The zero-order chi connectivity index (χ0) is 19.9. The average molecular weight is 434 g/mol. The Bertz CT molecular complexity index is 712. The molecule has 1 saturated heterocycles. The predicted molar refractivity (Wildman–Crippen MR) is 112 cm³/mol. The van der Waals surface area contributed by atoms with Crippen molar-refractivity contribution < 1.29 is 17.9 Å². The minimum absolute atomic E-state index is 0. The van der Waals surface area contributed by atoms with E-state index in [4.69, 9.17) is 4.74 Å². The maximum absolute atomic E-state index is 12.5. The van der Waals surface area contributed by atoms with Crippen LogP contribution in [-0.2, 0) is 14.8 Å². The number of ether oxygens (including phenoxy) is 1. The van der Waals surface area contributed by atoms with E-state index in [0.29, 0.717) is 25.3 Å². The van der Waals surface area contributed by atoms with E-state index in [0.717, 1.165) is 25.9 Å². The molecule has 9 heteroatoms. The Labute approximate surface area is 174 Å². The maximum atomic E-state index is 12.5. The molecule has 1 amide bonds. The van der Waals surface area contributed by atoms with Crippen LogP contribution in [0.4, 0.5) is 0 Å². The van der Waals surface area contributed by atoms with Gasteiger partial charge in [0.05, 0.1) is 11.5 Å². The smallest absolute Gasteiger partial charge is 0.251 e. The van der Waals surface area contributed by atoms with Crippen molar-refractivity contribution in [3.8, 4) is 0 Å². The highest BCUT2D eigenvalue weighted by atomic mass is 35.5. The lowest BCUT2D eigenvalue weighted by molar-refractivity contribution is 0.0511. The average Bonchev–Trinajstić information content (AvgIpc) is 2.66. The van der Waals surface area contributed by atoms with Crippen LogP contribution in [0.25, 0.3) is 0 Å². The maximum Gasteiger partial charge on any atom is 0.251 e. The topological polar surface area (TPSA) is 96.5 Å². The first kappa shape index (κ1) is 24.8. The van der Waals surface area contributed by atoms with Crippen LogP contribution in [0.2, 0.25) is 0 Å². The zero-order valence-electron chi connectivity index (χ0n) is 16.8. The molecule has 1 aromatic carbocycles. The summed E-state index contributed by atoms with van der Waals surface area (Å²) in [5, 5.41) is 6.30. The van der Waals surface area contributed by atoms with Crippen molar-refractivity contribution in [2.45, 2.75) is 31.6 Å². The van der Waals surface area contributed by atoms with Gasteiger partial charge >= 0.3 is 0 Å². The van der Waals surface area contributed by atoms with Crippen molar-refractivity contribution >= 4 is 28.3 Å². The number of rotatable bonds is 9. The van der Waals surface area contributed by atoms with Crippen LogP contribution in [0.3, 0.4) is 0 Å². The Kier molecular flexibility index (Phi) is 9.86. The summed E-state index contributed by atoms with van der Waals surface area (Å²) in [6.07, 6.45) is 1.89. The van der Waals surface area contributed by atoms with E-state index in [1.807, 2.05) is 13.8 Å². The van der Waals surface area contributed by atoms with Gasteiger partial charge in [-0.15, -0.1) is 12.4 Å². The lowest BCUT2D eigenvalue weighted by atomic mass is 9.79. The number of benzene rings is 1. The fourth-order valence-corrected chi connectivity index (χ4v) is 4.36. The second-order valence-electron chi connectivity index (χ2n) is 7.64. The second-order valence-corrected chi connectivity index (χ2v) is 9.40. The molecule has 1 fully saturated rings. The molecule has 1 aliphatic rings. The number of piperidine rings is 1. The molecule has 3 N–H and O–H groups in total. The molecule has 1 aromatic rings. The molecule has 0 spiro atoms. The number of carbonyl (C=O) groups excluding carboxylic acids is 1. The highest BCUT2D eigenvalue weighted by Crippen LogP contribution is 2.28. The Morgan fingerprint density at radius 1 is 1.21 bits per heavy atom. The largest absolute Gasteiger partial charge is 0.384 e. The van der Waals surface area contributed by atoms with Crippen molar-refractivity contribution in [1.29, 1.82) is 0 Å². The molecule has 0 aromatic heterocycles. The number of carbonyl (C=O) groups is 1. The molecule has 7 nitrogen and oxygen atoms in total. The van der Waals surface area contributed by atoms with Gasteiger partial charge in [-0.2, -0.15) is 0 Å². The fourth-order valence-electron chi connectivity index (χ4n) is 3.15. The molecule has 0 saturated carbocycles. The molecule has 28 heavy (non-hydrogen) atoms. The second kappa shape index (κ2) is 11.1. The Morgan fingerprint density at radius 2 is 1.82 bits per heavy atom. The lowest BCUT2D eigenvalue weighted by Crippen LogP contribution is -2.47. The number of methoxy groups -OCH3 is 1. The number of halogens is 1. The monoisotopic (exact) mass is 433 g/mol. The molecule has 0 aliphatic carbocycles. The van der Waals surface area contributed by atoms with E-state index < -0.39 is 10.0 Å². The van der Waals surface area contributed by atoms with Crippen molar-refractivity contribution in [3.05, 3.63) is 29.8 Å². The summed E-state index contributed by atoms with van der Waals surface area (Å²) in [5.41, 5.74) is 0.388. The van der Waals surface area contributed by atoms with E-state index in [1.165, 1.54) is 12.1 Å². The van der Waals surface area contributed by atoms with E-state index in [2.05, 4.69) is 15.4 Å². The van der Waals surface area contributed by atoms with Crippen LogP contribution < -0.4 is 15.4 Å². The van der Waals surface area contributed by atoms with Gasteiger partial charge in [0.15, 0.2) is 0 Å². The normalized spacial score (nSPS) is 16.4. The van der Waals surface area contributed by atoms with Gasteiger partial charge in [-0.3, -0.25) is 4.79 Å². The summed E-state index contributed by atoms with van der Waals surface area (Å²) in [6.45, 7) is 7.22. The first-order valence-electron chi connectivity index (χ1n) is 9.36. The van der Waals surface area contributed by atoms with E-state index in [1.54, 1.807) is 19.2 Å². The summed E-state index contributed by atoms with van der Waals surface area (Å²) >= 11 is 0. The van der Waals surface area contributed by atoms with E-state index in [-0.39, 0.29) is 34.5 Å². The molecule has 0 radical (unpaired) electrons. The third-order valence-corrected chi connectivity index (χ3v) is 6.29. The molecular weight excluding hydrogens is 402 g/mol. The first-order valence-corrected chi connectivity index (χ1v) is 10.8. The SMILES string of the molecule is COCC1(CNC(=O)c2ccc(S(=O)(=O)NCC(C)C)cc2)CCNCC1.Cl. The molecule has 1 heterocycles. The summed E-state index contributed by atoms with van der Waals surface area (Å²) in [6, 6.07) is 6.02. The van der Waals surface area contributed by atoms with Crippen LogP contribution >= 0.6 is 12.4 Å². The third-order valence-electron chi connectivity index (χ3n) is 4.85. The van der Waals surface area contributed by atoms with Gasteiger partial charge in [-0.25, -0.2) is 13.1 Å². The van der Waals surface area contributed by atoms with Gasteiger partial charge in [0, 0.05) is 31.2 Å². The van der Waals surface area contributed by atoms with Crippen LogP contribution in [0.15, 0.2) is 29.2 Å². The van der Waals surface area contributed by atoms with Crippen molar-refractivity contribution in [3.63, 3.8) is 0 Å². The van der Waals surface area contributed by atoms with Gasteiger partial charge in [-0.1, -0.05) is 13.8 Å². The molecule has 1 aliphatic heterocycles. The Balaban J connectivity index is 0.00000392. The van der Waals surface area contributed by atoms with Gasteiger partial charge in [-0.05, 0) is 56.1 Å². The number of amides is 1. The predicted octanol–water partition coefficient (Wildman–Crippen LogP) is 1.79. The van der Waals surface area contributed by atoms with Gasteiger partial charge < -0.3 is 15.4 Å². The van der Waals surface area contributed by atoms with Crippen LogP contribution in [0.5, 0.6) is 0 Å². The molecule has 160 valence electrons. The highest BCUT2D eigenvalue weighted by Gasteiger charge is 2.32. The summed E-state index contributed by atoms with van der Waals surface area (Å²) in [4.78, 5) is 12.6. The first-order chi connectivity index (χ1) is 12.8. The fraction of sp³-hybridized carbons (Fsp3) is 0.632. The van der Waals surface area contributed by atoms with Crippen molar-refractivity contribution in [1.82, 2.24) is 15.4 Å². The van der Waals surface area contributed by atoms with Gasteiger partial charge in [0.25, 0.3) is 5.91 Å². The number of hydrogen-bond acceptors (Lipinski definition) is 5.